The zero-order chi connectivity index (χ0) is 11.5. The van der Waals surface area contributed by atoms with E-state index in [1.165, 1.54) is 0 Å². The van der Waals surface area contributed by atoms with E-state index in [0.717, 1.165) is 19.4 Å². The van der Waals surface area contributed by atoms with Gasteiger partial charge < -0.3 is 9.47 Å². The summed E-state index contributed by atoms with van der Waals surface area (Å²) in [4.78, 5) is 2.71. The standard InChI is InChI=1S/C10H21N3O2/c1-4-5-6-14-8-10(3)15-7-9(2)12-13-11/h9-10H,4-8H2,1-3H3. The van der Waals surface area contributed by atoms with E-state index in [2.05, 4.69) is 16.9 Å². The Kier molecular flexibility index (Phi) is 9.27. The molecular formula is C10H21N3O2. The van der Waals surface area contributed by atoms with Gasteiger partial charge >= 0.3 is 0 Å². The van der Waals surface area contributed by atoms with Crippen molar-refractivity contribution in [3.8, 4) is 0 Å². The molecule has 0 aromatic heterocycles. The second kappa shape index (κ2) is 9.77. The fourth-order valence-corrected chi connectivity index (χ4v) is 0.969. The van der Waals surface area contributed by atoms with Gasteiger partial charge in [0.2, 0.25) is 0 Å². The highest BCUT2D eigenvalue weighted by atomic mass is 16.5. The number of hydrogen-bond donors (Lipinski definition) is 0. The number of ether oxygens (including phenoxy) is 2. The minimum absolute atomic E-state index is 0.0539. The summed E-state index contributed by atoms with van der Waals surface area (Å²) in [6, 6.07) is -0.118. The van der Waals surface area contributed by atoms with Crippen molar-refractivity contribution in [2.75, 3.05) is 19.8 Å². The maximum atomic E-state index is 8.18. The van der Waals surface area contributed by atoms with Crippen molar-refractivity contribution >= 4 is 0 Å². The first-order valence-corrected chi connectivity index (χ1v) is 5.44. The Labute approximate surface area is 91.4 Å². The van der Waals surface area contributed by atoms with Crippen LogP contribution in [0.25, 0.3) is 10.4 Å². The monoisotopic (exact) mass is 215 g/mol. The molecule has 0 spiro atoms. The van der Waals surface area contributed by atoms with Crippen LogP contribution in [0.15, 0.2) is 5.11 Å². The molecule has 2 atom stereocenters. The third-order valence-corrected chi connectivity index (χ3v) is 1.87. The lowest BCUT2D eigenvalue weighted by Crippen LogP contribution is -2.20. The summed E-state index contributed by atoms with van der Waals surface area (Å²) < 4.78 is 10.8. The fourth-order valence-electron chi connectivity index (χ4n) is 0.969. The van der Waals surface area contributed by atoms with Crippen molar-refractivity contribution in [2.24, 2.45) is 5.11 Å². The van der Waals surface area contributed by atoms with Crippen LogP contribution in [0.2, 0.25) is 0 Å². The van der Waals surface area contributed by atoms with Crippen LogP contribution in [0.5, 0.6) is 0 Å². The van der Waals surface area contributed by atoms with Crippen molar-refractivity contribution in [3.63, 3.8) is 0 Å². The lowest BCUT2D eigenvalue weighted by molar-refractivity contribution is -0.0105. The zero-order valence-corrected chi connectivity index (χ0v) is 9.85. The van der Waals surface area contributed by atoms with E-state index in [4.69, 9.17) is 15.0 Å². The molecule has 0 aliphatic rings. The summed E-state index contributed by atoms with van der Waals surface area (Å²) >= 11 is 0. The van der Waals surface area contributed by atoms with Gasteiger partial charge in [0.05, 0.1) is 25.4 Å². The predicted octanol–water partition coefficient (Wildman–Crippen LogP) is 2.91. The lowest BCUT2D eigenvalue weighted by Gasteiger charge is -2.14. The molecule has 0 bridgehead atoms. The van der Waals surface area contributed by atoms with Crippen LogP contribution in [-0.4, -0.2) is 32.0 Å². The first kappa shape index (κ1) is 14.2. The zero-order valence-electron chi connectivity index (χ0n) is 9.85. The molecule has 5 nitrogen and oxygen atoms in total. The topological polar surface area (TPSA) is 67.2 Å². The van der Waals surface area contributed by atoms with Gasteiger partial charge in [0.25, 0.3) is 0 Å². The molecule has 0 amide bonds. The summed E-state index contributed by atoms with van der Waals surface area (Å²) in [6.45, 7) is 7.74. The van der Waals surface area contributed by atoms with Crippen molar-refractivity contribution in [2.45, 2.75) is 45.8 Å². The van der Waals surface area contributed by atoms with E-state index in [9.17, 15) is 0 Å². The first-order valence-electron chi connectivity index (χ1n) is 5.44. The maximum absolute atomic E-state index is 8.18. The van der Waals surface area contributed by atoms with Gasteiger partial charge in [-0.2, -0.15) is 0 Å². The first-order chi connectivity index (χ1) is 7.20. The van der Waals surface area contributed by atoms with E-state index < -0.39 is 0 Å². The van der Waals surface area contributed by atoms with Gasteiger partial charge in [0.15, 0.2) is 0 Å². The fraction of sp³-hybridized carbons (Fsp3) is 1.00. The van der Waals surface area contributed by atoms with Crippen LogP contribution in [0, 0.1) is 0 Å². The van der Waals surface area contributed by atoms with Gasteiger partial charge in [0.1, 0.15) is 0 Å². The Morgan fingerprint density at radius 3 is 2.67 bits per heavy atom. The van der Waals surface area contributed by atoms with Crippen molar-refractivity contribution in [3.05, 3.63) is 10.4 Å². The van der Waals surface area contributed by atoms with Gasteiger partial charge in [0, 0.05) is 11.5 Å². The average molecular weight is 215 g/mol. The maximum Gasteiger partial charge on any atom is 0.0780 e. The molecule has 0 N–H and O–H groups in total. The van der Waals surface area contributed by atoms with E-state index in [0.29, 0.717) is 13.2 Å². The van der Waals surface area contributed by atoms with Crippen LogP contribution in [0.4, 0.5) is 0 Å². The molecule has 0 radical (unpaired) electrons. The lowest BCUT2D eigenvalue weighted by atomic mass is 10.3. The van der Waals surface area contributed by atoms with E-state index in [1.807, 2.05) is 13.8 Å². The predicted molar refractivity (Wildman–Crippen MR) is 59.7 cm³/mol. The molecule has 0 aliphatic heterocycles. The van der Waals surface area contributed by atoms with Crippen molar-refractivity contribution in [1.29, 1.82) is 0 Å². The third kappa shape index (κ3) is 9.53. The molecule has 0 rings (SSSR count). The van der Waals surface area contributed by atoms with Crippen LogP contribution in [0.1, 0.15) is 33.6 Å². The van der Waals surface area contributed by atoms with Crippen LogP contribution < -0.4 is 0 Å². The molecule has 15 heavy (non-hydrogen) atoms. The molecular weight excluding hydrogens is 194 g/mol. The summed E-state index contributed by atoms with van der Waals surface area (Å²) in [6.07, 6.45) is 2.28. The average Bonchev–Trinajstić information content (AvgIpc) is 2.22. The molecule has 0 saturated carbocycles. The number of azide groups is 1. The van der Waals surface area contributed by atoms with Gasteiger partial charge in [-0.3, -0.25) is 0 Å². The molecule has 0 saturated heterocycles. The Morgan fingerprint density at radius 1 is 1.33 bits per heavy atom. The SMILES string of the molecule is CCCCOCC(C)OCC(C)N=[N+]=[N-]. The van der Waals surface area contributed by atoms with E-state index >= 15 is 0 Å². The summed E-state index contributed by atoms with van der Waals surface area (Å²) in [5.74, 6) is 0. The van der Waals surface area contributed by atoms with Crippen LogP contribution in [0.3, 0.4) is 0 Å². The minimum Gasteiger partial charge on any atom is -0.379 e. The van der Waals surface area contributed by atoms with Crippen LogP contribution in [-0.2, 0) is 9.47 Å². The molecule has 0 aromatic carbocycles. The Hall–Kier alpha value is -0.770. The molecule has 0 heterocycles. The normalized spacial score (nSPS) is 14.3. The highest BCUT2D eigenvalue weighted by molar-refractivity contribution is 4.60. The van der Waals surface area contributed by atoms with Gasteiger partial charge in [-0.05, 0) is 18.9 Å². The Balaban J connectivity index is 3.39. The third-order valence-electron chi connectivity index (χ3n) is 1.87. The van der Waals surface area contributed by atoms with Crippen molar-refractivity contribution < 1.29 is 9.47 Å². The van der Waals surface area contributed by atoms with E-state index in [-0.39, 0.29) is 12.1 Å². The minimum atomic E-state index is -0.118. The summed E-state index contributed by atoms with van der Waals surface area (Å²) in [7, 11) is 0. The Morgan fingerprint density at radius 2 is 2.07 bits per heavy atom. The number of hydrogen-bond acceptors (Lipinski definition) is 3. The molecule has 5 heteroatoms. The molecule has 0 fully saturated rings. The summed E-state index contributed by atoms with van der Waals surface area (Å²) in [5.41, 5.74) is 8.18. The molecule has 88 valence electrons. The van der Waals surface area contributed by atoms with Crippen molar-refractivity contribution in [1.82, 2.24) is 0 Å². The number of rotatable bonds is 9. The molecule has 0 aromatic rings. The quantitative estimate of drug-likeness (QED) is 0.257. The highest BCUT2D eigenvalue weighted by Crippen LogP contribution is 1.98. The van der Waals surface area contributed by atoms with Gasteiger partial charge in [-0.1, -0.05) is 25.4 Å². The smallest absolute Gasteiger partial charge is 0.0780 e. The second-order valence-corrected chi connectivity index (χ2v) is 3.63. The van der Waals surface area contributed by atoms with Gasteiger partial charge in [-0.25, -0.2) is 0 Å². The van der Waals surface area contributed by atoms with Crippen LogP contribution >= 0.6 is 0 Å². The highest BCUT2D eigenvalue weighted by Gasteiger charge is 2.05. The second-order valence-electron chi connectivity index (χ2n) is 3.63. The largest absolute Gasteiger partial charge is 0.379 e. The molecule has 2 unspecified atom stereocenters. The Bertz CT molecular complexity index is 193. The number of unbranched alkanes of at least 4 members (excludes halogenated alkanes) is 1. The number of nitrogens with zero attached hydrogens (tertiary/aromatic N) is 3. The molecule has 0 aliphatic carbocycles. The van der Waals surface area contributed by atoms with E-state index in [1.54, 1.807) is 0 Å². The van der Waals surface area contributed by atoms with Gasteiger partial charge in [-0.15, -0.1) is 0 Å². The summed E-state index contributed by atoms with van der Waals surface area (Å²) in [5, 5.41) is 3.52.